The van der Waals surface area contributed by atoms with Crippen molar-refractivity contribution in [1.29, 1.82) is 0 Å². The molecule has 2 saturated heterocycles. The first kappa shape index (κ1) is 18.7. The van der Waals surface area contributed by atoms with E-state index in [2.05, 4.69) is 51.3 Å². The van der Waals surface area contributed by atoms with Gasteiger partial charge in [-0.15, -0.1) is 0 Å². The standard InChI is InChI=1S/C22H42N2/c1-16(2)23-11-9-20(10-12-23)18(5)7-8-19(6)21-13-22(21)14-24(15-22)17(3)4/h16-21H,7-15H2,1-6H3. The third-order valence-electron chi connectivity index (χ3n) is 7.89. The van der Waals surface area contributed by atoms with Crippen LogP contribution in [0.3, 0.4) is 0 Å². The second-order valence-corrected chi connectivity index (χ2v) is 10.2. The lowest BCUT2D eigenvalue weighted by Crippen LogP contribution is -2.53. The Bertz CT molecular complexity index is 394. The van der Waals surface area contributed by atoms with E-state index in [9.17, 15) is 0 Å². The van der Waals surface area contributed by atoms with Crippen molar-refractivity contribution < 1.29 is 0 Å². The van der Waals surface area contributed by atoms with Crippen LogP contribution in [-0.4, -0.2) is 48.1 Å². The maximum Gasteiger partial charge on any atom is 0.00561 e. The van der Waals surface area contributed by atoms with Crippen LogP contribution in [0.4, 0.5) is 0 Å². The van der Waals surface area contributed by atoms with E-state index in [0.29, 0.717) is 0 Å². The van der Waals surface area contributed by atoms with Crippen molar-refractivity contribution in [3.63, 3.8) is 0 Å². The summed E-state index contributed by atoms with van der Waals surface area (Å²) in [6.45, 7) is 19.9. The molecule has 1 saturated carbocycles. The fourth-order valence-electron chi connectivity index (χ4n) is 5.64. The fourth-order valence-corrected chi connectivity index (χ4v) is 5.64. The van der Waals surface area contributed by atoms with Gasteiger partial charge in [-0.25, -0.2) is 0 Å². The minimum Gasteiger partial charge on any atom is -0.301 e. The summed E-state index contributed by atoms with van der Waals surface area (Å²) in [7, 11) is 0. The fraction of sp³-hybridized carbons (Fsp3) is 1.00. The predicted molar refractivity (Wildman–Crippen MR) is 104 cm³/mol. The van der Waals surface area contributed by atoms with Gasteiger partial charge in [-0.1, -0.05) is 26.7 Å². The molecule has 3 unspecified atom stereocenters. The number of nitrogens with zero attached hydrogens (tertiary/aromatic N) is 2. The Hall–Kier alpha value is -0.0800. The third kappa shape index (κ3) is 3.85. The third-order valence-corrected chi connectivity index (χ3v) is 7.89. The van der Waals surface area contributed by atoms with Crippen molar-refractivity contribution in [3.8, 4) is 0 Å². The normalized spacial score (nSPS) is 30.8. The molecule has 0 amide bonds. The van der Waals surface area contributed by atoms with Crippen LogP contribution >= 0.6 is 0 Å². The van der Waals surface area contributed by atoms with E-state index in [1.165, 1.54) is 58.3 Å². The number of hydrogen-bond donors (Lipinski definition) is 0. The maximum absolute atomic E-state index is 2.66. The second kappa shape index (κ2) is 7.27. The Morgan fingerprint density at radius 3 is 1.88 bits per heavy atom. The molecule has 1 spiro atoms. The Kier molecular flexibility index (Phi) is 5.67. The second-order valence-electron chi connectivity index (χ2n) is 10.2. The number of piperidine rings is 1. The molecule has 3 rings (SSSR count). The molecule has 3 aliphatic rings. The van der Waals surface area contributed by atoms with Crippen LogP contribution in [0, 0.1) is 29.1 Å². The summed E-state index contributed by atoms with van der Waals surface area (Å²) in [4.78, 5) is 5.33. The zero-order chi connectivity index (χ0) is 17.5. The van der Waals surface area contributed by atoms with Crippen molar-refractivity contribution in [2.24, 2.45) is 29.1 Å². The smallest absolute Gasteiger partial charge is 0.00561 e. The van der Waals surface area contributed by atoms with Gasteiger partial charge in [-0.05, 0) is 89.1 Å². The summed E-state index contributed by atoms with van der Waals surface area (Å²) in [5, 5.41) is 0. The highest BCUT2D eigenvalue weighted by molar-refractivity contribution is 5.13. The van der Waals surface area contributed by atoms with Crippen molar-refractivity contribution >= 4 is 0 Å². The van der Waals surface area contributed by atoms with Crippen LogP contribution < -0.4 is 0 Å². The van der Waals surface area contributed by atoms with E-state index >= 15 is 0 Å². The zero-order valence-corrected chi connectivity index (χ0v) is 17.2. The quantitative estimate of drug-likeness (QED) is 0.654. The highest BCUT2D eigenvalue weighted by atomic mass is 15.2. The Balaban J connectivity index is 1.35. The molecule has 3 fully saturated rings. The van der Waals surface area contributed by atoms with E-state index in [0.717, 1.165) is 41.2 Å². The van der Waals surface area contributed by atoms with Crippen LogP contribution in [0.15, 0.2) is 0 Å². The van der Waals surface area contributed by atoms with E-state index < -0.39 is 0 Å². The molecule has 140 valence electrons. The molecule has 0 aromatic rings. The molecule has 0 radical (unpaired) electrons. The van der Waals surface area contributed by atoms with Crippen molar-refractivity contribution in [2.75, 3.05) is 26.2 Å². The molecule has 2 heteroatoms. The molecule has 3 atom stereocenters. The predicted octanol–water partition coefficient (Wildman–Crippen LogP) is 4.89. The SMILES string of the molecule is CC(CCC(C)C1CC12CN(C(C)C)C2)C1CCN(C(C)C)CC1. The average Bonchev–Trinajstić information content (AvgIpc) is 3.26. The van der Waals surface area contributed by atoms with E-state index in [1.807, 2.05) is 0 Å². The molecule has 1 aliphatic carbocycles. The first-order chi connectivity index (χ1) is 11.3. The maximum atomic E-state index is 2.66. The van der Waals surface area contributed by atoms with Gasteiger partial charge in [-0.3, -0.25) is 4.90 Å². The lowest BCUT2D eigenvalue weighted by molar-refractivity contribution is 0.0324. The van der Waals surface area contributed by atoms with Gasteiger partial charge < -0.3 is 4.90 Å². The molecular weight excluding hydrogens is 292 g/mol. The molecular formula is C22H42N2. The minimum atomic E-state index is 0.736. The lowest BCUT2D eigenvalue weighted by atomic mass is 9.79. The summed E-state index contributed by atoms with van der Waals surface area (Å²) in [6, 6.07) is 1.49. The highest BCUT2D eigenvalue weighted by Gasteiger charge is 2.62. The van der Waals surface area contributed by atoms with Crippen LogP contribution in [0.2, 0.25) is 0 Å². The minimum absolute atomic E-state index is 0.736. The van der Waals surface area contributed by atoms with Gasteiger partial charge in [0.1, 0.15) is 0 Å². The molecule has 0 aromatic carbocycles. The van der Waals surface area contributed by atoms with Gasteiger partial charge in [0.2, 0.25) is 0 Å². The van der Waals surface area contributed by atoms with E-state index in [4.69, 9.17) is 0 Å². The van der Waals surface area contributed by atoms with Crippen LogP contribution in [0.25, 0.3) is 0 Å². The van der Waals surface area contributed by atoms with Gasteiger partial charge in [-0.2, -0.15) is 0 Å². The molecule has 24 heavy (non-hydrogen) atoms. The van der Waals surface area contributed by atoms with Gasteiger partial charge in [0.25, 0.3) is 0 Å². The Labute approximate surface area is 151 Å². The van der Waals surface area contributed by atoms with Gasteiger partial charge >= 0.3 is 0 Å². The molecule has 0 N–H and O–H groups in total. The molecule has 0 bridgehead atoms. The topological polar surface area (TPSA) is 6.48 Å². The van der Waals surface area contributed by atoms with Crippen LogP contribution in [-0.2, 0) is 0 Å². The number of hydrogen-bond acceptors (Lipinski definition) is 2. The number of rotatable bonds is 7. The average molecular weight is 335 g/mol. The lowest BCUT2D eigenvalue weighted by Gasteiger charge is -2.44. The summed E-state index contributed by atoms with van der Waals surface area (Å²) >= 11 is 0. The van der Waals surface area contributed by atoms with Gasteiger partial charge in [0.05, 0.1) is 0 Å². The van der Waals surface area contributed by atoms with Crippen molar-refractivity contribution in [1.82, 2.24) is 9.80 Å². The Morgan fingerprint density at radius 1 is 0.792 bits per heavy atom. The van der Waals surface area contributed by atoms with Crippen LogP contribution in [0.5, 0.6) is 0 Å². The summed E-state index contributed by atoms with van der Waals surface area (Å²) in [5.74, 6) is 3.92. The Morgan fingerprint density at radius 2 is 1.33 bits per heavy atom. The van der Waals surface area contributed by atoms with Gasteiger partial charge in [0.15, 0.2) is 0 Å². The highest BCUT2D eigenvalue weighted by Crippen LogP contribution is 2.62. The summed E-state index contributed by atoms with van der Waals surface area (Å²) < 4.78 is 0. The molecule has 2 nitrogen and oxygen atoms in total. The zero-order valence-electron chi connectivity index (χ0n) is 17.2. The molecule has 2 heterocycles. The van der Waals surface area contributed by atoms with Crippen molar-refractivity contribution in [2.45, 2.75) is 85.7 Å². The summed E-state index contributed by atoms with van der Waals surface area (Å²) in [6.07, 6.45) is 7.33. The largest absolute Gasteiger partial charge is 0.301 e. The first-order valence-corrected chi connectivity index (χ1v) is 10.8. The first-order valence-electron chi connectivity index (χ1n) is 10.8. The summed E-state index contributed by atoms with van der Waals surface area (Å²) in [5.41, 5.74) is 0.759. The van der Waals surface area contributed by atoms with Crippen molar-refractivity contribution in [3.05, 3.63) is 0 Å². The van der Waals surface area contributed by atoms with Crippen LogP contribution in [0.1, 0.15) is 73.6 Å². The monoisotopic (exact) mass is 334 g/mol. The number of likely N-dealkylation sites (tertiary alicyclic amines) is 2. The van der Waals surface area contributed by atoms with E-state index in [-0.39, 0.29) is 0 Å². The molecule has 2 aliphatic heterocycles. The molecule has 0 aromatic heterocycles. The van der Waals surface area contributed by atoms with Gasteiger partial charge in [0, 0.05) is 25.2 Å². The van der Waals surface area contributed by atoms with E-state index in [1.54, 1.807) is 0 Å².